The Morgan fingerprint density at radius 2 is 1.93 bits per heavy atom. The molecule has 0 aliphatic carbocycles. The molecule has 1 aliphatic heterocycles. The number of carbonyl (C=O) groups is 3. The van der Waals surface area contributed by atoms with Gasteiger partial charge in [-0.05, 0) is 31.9 Å². The Morgan fingerprint density at radius 1 is 1.21 bits per heavy atom. The Hall–Kier alpha value is -3.16. The number of likely N-dealkylation sites (tertiary alicyclic amines) is 1. The van der Waals surface area contributed by atoms with Gasteiger partial charge in [-0.15, -0.1) is 0 Å². The number of nitrogens with zero attached hydrogens (tertiary/aromatic N) is 3. The first-order valence-electron chi connectivity index (χ1n) is 9.82. The fraction of sp³-hybridized carbons (Fsp3) is 0.429. The molecule has 2 aromatic rings. The molecule has 0 radical (unpaired) electrons. The summed E-state index contributed by atoms with van der Waals surface area (Å²) in [6.07, 6.45) is 2.66. The standard InChI is InChI=1S/C21H26N4O4/c1-3-29-21(28)24-12-9-17(10-13-24)23-19(27)14-25(15(2)26)18-8-4-6-16-7-5-11-22-20(16)18/h4-8,11,17H,3,9-10,12-14H2,1-2H3,(H,23,27). The molecule has 1 N–H and O–H groups in total. The quantitative estimate of drug-likeness (QED) is 0.835. The minimum absolute atomic E-state index is 0.0346. The molecule has 3 rings (SSSR count). The van der Waals surface area contributed by atoms with Gasteiger partial charge in [0, 0.05) is 37.6 Å². The molecule has 2 heterocycles. The monoisotopic (exact) mass is 398 g/mol. The van der Waals surface area contributed by atoms with Crippen molar-refractivity contribution in [2.45, 2.75) is 32.7 Å². The zero-order chi connectivity index (χ0) is 20.8. The van der Waals surface area contributed by atoms with Crippen LogP contribution in [-0.2, 0) is 14.3 Å². The molecule has 154 valence electrons. The van der Waals surface area contributed by atoms with Crippen molar-refractivity contribution >= 4 is 34.5 Å². The van der Waals surface area contributed by atoms with Gasteiger partial charge in [-0.2, -0.15) is 0 Å². The maximum Gasteiger partial charge on any atom is 0.409 e. The van der Waals surface area contributed by atoms with Crippen molar-refractivity contribution in [2.75, 3.05) is 31.1 Å². The summed E-state index contributed by atoms with van der Waals surface area (Å²) in [4.78, 5) is 44.1. The Labute approximate surface area is 169 Å². The number of para-hydroxylation sites is 1. The van der Waals surface area contributed by atoms with Gasteiger partial charge in [-0.3, -0.25) is 14.6 Å². The highest BCUT2D eigenvalue weighted by Crippen LogP contribution is 2.25. The zero-order valence-electron chi connectivity index (χ0n) is 16.8. The second-order valence-electron chi connectivity index (χ2n) is 6.99. The summed E-state index contributed by atoms with van der Waals surface area (Å²) in [5.74, 6) is -0.460. The number of aromatic nitrogens is 1. The SMILES string of the molecule is CCOC(=O)N1CCC(NC(=O)CN(C(C)=O)c2cccc3cccnc23)CC1. The Balaban J connectivity index is 1.63. The predicted octanol–water partition coefficient (Wildman–Crippen LogP) is 2.32. The summed E-state index contributed by atoms with van der Waals surface area (Å²) < 4.78 is 5.01. The second kappa shape index (κ2) is 9.36. The Morgan fingerprint density at radius 3 is 2.62 bits per heavy atom. The lowest BCUT2D eigenvalue weighted by Gasteiger charge is -2.32. The molecule has 0 spiro atoms. The minimum atomic E-state index is -0.316. The van der Waals surface area contributed by atoms with Gasteiger partial charge in [0.1, 0.15) is 6.54 Å². The molecule has 0 saturated carbocycles. The summed E-state index contributed by atoms with van der Waals surface area (Å²) in [5, 5.41) is 3.89. The van der Waals surface area contributed by atoms with Gasteiger partial charge in [0.25, 0.3) is 0 Å². The largest absolute Gasteiger partial charge is 0.450 e. The topological polar surface area (TPSA) is 91.8 Å². The van der Waals surface area contributed by atoms with E-state index in [-0.39, 0.29) is 30.5 Å². The van der Waals surface area contributed by atoms with Gasteiger partial charge >= 0.3 is 6.09 Å². The molecule has 29 heavy (non-hydrogen) atoms. The lowest BCUT2D eigenvalue weighted by Crippen LogP contribution is -2.49. The normalized spacial score (nSPS) is 14.5. The number of amides is 3. The van der Waals surface area contributed by atoms with E-state index in [1.54, 1.807) is 24.1 Å². The number of hydrogen-bond acceptors (Lipinski definition) is 5. The molecule has 1 aromatic carbocycles. The number of carbonyl (C=O) groups excluding carboxylic acids is 3. The van der Waals surface area contributed by atoms with Crippen molar-refractivity contribution < 1.29 is 19.1 Å². The van der Waals surface area contributed by atoms with Crippen LogP contribution in [0.1, 0.15) is 26.7 Å². The van der Waals surface area contributed by atoms with E-state index < -0.39 is 0 Å². The molecule has 3 amide bonds. The number of nitrogens with one attached hydrogen (secondary N) is 1. The summed E-state index contributed by atoms with van der Waals surface area (Å²) in [7, 11) is 0. The van der Waals surface area contributed by atoms with Gasteiger partial charge in [0.2, 0.25) is 11.8 Å². The first kappa shape index (κ1) is 20.6. The lowest BCUT2D eigenvalue weighted by molar-refractivity contribution is -0.123. The van der Waals surface area contributed by atoms with Crippen molar-refractivity contribution in [1.29, 1.82) is 0 Å². The Kier molecular flexibility index (Phi) is 6.64. The number of rotatable bonds is 5. The molecular formula is C21H26N4O4. The number of benzene rings is 1. The molecule has 0 bridgehead atoms. The van der Waals surface area contributed by atoms with Crippen LogP contribution in [0.15, 0.2) is 36.5 Å². The Bertz CT molecular complexity index is 888. The fourth-order valence-corrected chi connectivity index (χ4v) is 3.51. The van der Waals surface area contributed by atoms with Gasteiger partial charge in [0.05, 0.1) is 17.8 Å². The first-order valence-corrected chi connectivity index (χ1v) is 9.82. The number of ether oxygens (including phenoxy) is 1. The summed E-state index contributed by atoms with van der Waals surface area (Å²) in [5.41, 5.74) is 1.30. The van der Waals surface area contributed by atoms with Crippen LogP contribution in [0.2, 0.25) is 0 Å². The maximum absolute atomic E-state index is 12.6. The minimum Gasteiger partial charge on any atom is -0.450 e. The first-order chi connectivity index (χ1) is 14.0. The third-order valence-electron chi connectivity index (χ3n) is 4.97. The number of hydrogen-bond donors (Lipinski definition) is 1. The second-order valence-corrected chi connectivity index (χ2v) is 6.99. The van der Waals surface area contributed by atoms with Gasteiger partial charge in [-0.1, -0.05) is 18.2 Å². The molecule has 8 nitrogen and oxygen atoms in total. The highest BCUT2D eigenvalue weighted by atomic mass is 16.6. The van der Waals surface area contributed by atoms with E-state index in [0.29, 0.717) is 43.7 Å². The van der Waals surface area contributed by atoms with E-state index in [1.165, 1.54) is 11.8 Å². The van der Waals surface area contributed by atoms with Gasteiger partial charge in [-0.25, -0.2) is 4.79 Å². The molecule has 1 aliphatic rings. The number of piperidine rings is 1. The van der Waals surface area contributed by atoms with Crippen LogP contribution in [0.3, 0.4) is 0 Å². The van der Waals surface area contributed by atoms with E-state index in [0.717, 1.165) is 5.39 Å². The summed E-state index contributed by atoms with van der Waals surface area (Å²) in [6, 6.07) is 9.27. The van der Waals surface area contributed by atoms with Crippen LogP contribution in [0.4, 0.5) is 10.5 Å². The van der Waals surface area contributed by atoms with Crippen molar-refractivity contribution in [1.82, 2.24) is 15.2 Å². The van der Waals surface area contributed by atoms with E-state index in [4.69, 9.17) is 4.74 Å². The van der Waals surface area contributed by atoms with Gasteiger partial charge in [0.15, 0.2) is 0 Å². The van der Waals surface area contributed by atoms with Crippen LogP contribution >= 0.6 is 0 Å². The summed E-state index contributed by atoms with van der Waals surface area (Å²) in [6.45, 7) is 4.55. The number of anilines is 1. The van der Waals surface area contributed by atoms with Crippen LogP contribution in [-0.4, -0.2) is 60.1 Å². The van der Waals surface area contributed by atoms with E-state index in [2.05, 4.69) is 10.3 Å². The number of fused-ring (bicyclic) bond motifs is 1. The molecule has 0 atom stereocenters. The van der Waals surface area contributed by atoms with Crippen LogP contribution in [0.25, 0.3) is 10.9 Å². The van der Waals surface area contributed by atoms with Crippen molar-refractivity contribution in [2.24, 2.45) is 0 Å². The maximum atomic E-state index is 12.6. The van der Waals surface area contributed by atoms with Crippen molar-refractivity contribution in [3.05, 3.63) is 36.5 Å². The molecule has 8 heteroatoms. The number of pyridine rings is 1. The van der Waals surface area contributed by atoms with Gasteiger partial charge < -0.3 is 19.9 Å². The lowest BCUT2D eigenvalue weighted by atomic mass is 10.1. The van der Waals surface area contributed by atoms with Crippen molar-refractivity contribution in [3.63, 3.8) is 0 Å². The van der Waals surface area contributed by atoms with Crippen molar-refractivity contribution in [3.8, 4) is 0 Å². The zero-order valence-corrected chi connectivity index (χ0v) is 16.8. The highest BCUT2D eigenvalue weighted by molar-refractivity contribution is 6.04. The molecule has 1 fully saturated rings. The van der Waals surface area contributed by atoms with Crippen LogP contribution < -0.4 is 10.2 Å². The average molecular weight is 398 g/mol. The molecule has 1 saturated heterocycles. The van der Waals surface area contributed by atoms with E-state index in [1.807, 2.05) is 24.3 Å². The third kappa shape index (κ3) is 5.01. The van der Waals surface area contributed by atoms with E-state index in [9.17, 15) is 14.4 Å². The average Bonchev–Trinajstić information content (AvgIpc) is 2.72. The van der Waals surface area contributed by atoms with E-state index >= 15 is 0 Å². The predicted molar refractivity (Wildman–Crippen MR) is 110 cm³/mol. The third-order valence-corrected chi connectivity index (χ3v) is 4.97. The smallest absolute Gasteiger partial charge is 0.409 e. The fourth-order valence-electron chi connectivity index (χ4n) is 3.51. The van der Waals surface area contributed by atoms with Crippen LogP contribution in [0.5, 0.6) is 0 Å². The highest BCUT2D eigenvalue weighted by Gasteiger charge is 2.26. The summed E-state index contributed by atoms with van der Waals surface area (Å²) >= 11 is 0. The molecular weight excluding hydrogens is 372 g/mol. The van der Waals surface area contributed by atoms with Crippen LogP contribution in [0, 0.1) is 0 Å². The molecule has 0 unspecified atom stereocenters. The molecule has 1 aromatic heterocycles.